The van der Waals surface area contributed by atoms with Crippen molar-refractivity contribution in [1.29, 1.82) is 0 Å². The summed E-state index contributed by atoms with van der Waals surface area (Å²) in [6.45, 7) is 5.25. The lowest BCUT2D eigenvalue weighted by molar-refractivity contribution is -0.0910. The van der Waals surface area contributed by atoms with Crippen LogP contribution in [-0.4, -0.2) is 30.3 Å². The van der Waals surface area contributed by atoms with Crippen LogP contribution in [-0.2, 0) is 4.74 Å². The Hall–Kier alpha value is -0.770. The molecule has 0 radical (unpaired) electrons. The second-order valence-corrected chi connectivity index (χ2v) is 6.03. The molecule has 0 bridgehead atoms. The summed E-state index contributed by atoms with van der Waals surface area (Å²) >= 11 is 0. The number of hydrogen-bond acceptors (Lipinski definition) is 2. The third kappa shape index (κ3) is 3.85. The van der Waals surface area contributed by atoms with Crippen molar-refractivity contribution in [2.45, 2.75) is 82.9 Å². The van der Waals surface area contributed by atoms with Gasteiger partial charge in [0.2, 0.25) is 0 Å². The van der Waals surface area contributed by atoms with Crippen LogP contribution in [0.15, 0.2) is 4.99 Å². The quantitative estimate of drug-likeness (QED) is 0.608. The highest BCUT2D eigenvalue weighted by molar-refractivity contribution is 5.78. The lowest BCUT2D eigenvalue weighted by Gasteiger charge is -2.40. The topological polar surface area (TPSA) is 59.6 Å². The van der Waals surface area contributed by atoms with Crippen LogP contribution in [0.25, 0.3) is 0 Å². The number of ether oxygens (including phenoxy) is 1. The Kier molecular flexibility index (Phi) is 5.08. The molecule has 19 heavy (non-hydrogen) atoms. The molecule has 1 heterocycles. The van der Waals surface area contributed by atoms with E-state index in [0.717, 1.165) is 32.3 Å². The molecule has 110 valence electrons. The first-order valence-electron chi connectivity index (χ1n) is 7.91. The largest absolute Gasteiger partial charge is 0.375 e. The minimum Gasteiger partial charge on any atom is -0.375 e. The van der Waals surface area contributed by atoms with Gasteiger partial charge in [-0.2, -0.15) is 0 Å². The Morgan fingerprint density at radius 3 is 2.58 bits per heavy atom. The molecule has 1 aliphatic carbocycles. The molecular weight excluding hydrogens is 238 g/mol. The van der Waals surface area contributed by atoms with E-state index in [1.165, 1.54) is 25.7 Å². The first kappa shape index (κ1) is 14.6. The van der Waals surface area contributed by atoms with E-state index in [4.69, 9.17) is 10.5 Å². The number of aliphatic imine (C=N–C) groups is 1. The molecule has 0 aromatic heterocycles. The van der Waals surface area contributed by atoms with Crippen LogP contribution in [0.1, 0.15) is 65.2 Å². The molecule has 3 N–H and O–H groups in total. The lowest BCUT2D eigenvalue weighted by atomic mass is 9.86. The van der Waals surface area contributed by atoms with E-state index in [2.05, 4.69) is 24.2 Å². The fourth-order valence-corrected chi connectivity index (χ4v) is 3.37. The van der Waals surface area contributed by atoms with Crippen molar-refractivity contribution in [2.75, 3.05) is 6.61 Å². The number of rotatable bonds is 4. The highest BCUT2D eigenvalue weighted by Crippen LogP contribution is 2.31. The molecule has 1 saturated heterocycles. The van der Waals surface area contributed by atoms with Gasteiger partial charge in [-0.15, -0.1) is 0 Å². The van der Waals surface area contributed by atoms with Crippen molar-refractivity contribution in [1.82, 2.24) is 5.32 Å². The summed E-state index contributed by atoms with van der Waals surface area (Å²) in [7, 11) is 0. The van der Waals surface area contributed by atoms with Crippen LogP contribution in [0, 0.1) is 0 Å². The normalized spacial score (nSPS) is 28.5. The monoisotopic (exact) mass is 267 g/mol. The summed E-state index contributed by atoms with van der Waals surface area (Å²) in [5.74, 6) is 0.639. The number of nitrogens with one attached hydrogen (secondary N) is 1. The van der Waals surface area contributed by atoms with Gasteiger partial charge in [-0.25, -0.2) is 0 Å². The van der Waals surface area contributed by atoms with Gasteiger partial charge in [0.1, 0.15) is 0 Å². The minimum absolute atomic E-state index is 0.0452. The highest BCUT2D eigenvalue weighted by atomic mass is 16.5. The molecule has 0 aromatic rings. The Bertz CT molecular complexity index is 307. The zero-order chi connectivity index (χ0) is 13.7. The van der Waals surface area contributed by atoms with E-state index in [0.29, 0.717) is 18.0 Å². The zero-order valence-corrected chi connectivity index (χ0v) is 12.5. The van der Waals surface area contributed by atoms with Crippen molar-refractivity contribution in [3.8, 4) is 0 Å². The van der Waals surface area contributed by atoms with Crippen LogP contribution in [0.3, 0.4) is 0 Å². The van der Waals surface area contributed by atoms with Gasteiger partial charge in [0.15, 0.2) is 5.96 Å². The van der Waals surface area contributed by atoms with E-state index < -0.39 is 0 Å². The molecule has 2 rings (SSSR count). The van der Waals surface area contributed by atoms with Gasteiger partial charge in [-0.05, 0) is 38.5 Å². The predicted octanol–water partition coefficient (Wildman–Crippen LogP) is 2.57. The summed E-state index contributed by atoms with van der Waals surface area (Å²) in [4.78, 5) is 4.61. The Balaban J connectivity index is 1.87. The molecule has 4 heteroatoms. The average molecular weight is 267 g/mol. The number of guanidine groups is 1. The van der Waals surface area contributed by atoms with Gasteiger partial charge in [0.25, 0.3) is 0 Å². The summed E-state index contributed by atoms with van der Waals surface area (Å²) in [6, 6.07) is 0.869. The van der Waals surface area contributed by atoms with Crippen LogP contribution in [0.5, 0.6) is 0 Å². The Morgan fingerprint density at radius 2 is 1.95 bits per heavy atom. The second kappa shape index (κ2) is 6.60. The maximum absolute atomic E-state index is 6.05. The Morgan fingerprint density at radius 1 is 1.26 bits per heavy atom. The summed E-state index contributed by atoms with van der Waals surface area (Å²) in [5, 5.41) is 3.42. The smallest absolute Gasteiger partial charge is 0.189 e. The molecule has 1 atom stereocenters. The third-order valence-corrected chi connectivity index (χ3v) is 4.78. The highest BCUT2D eigenvalue weighted by Gasteiger charge is 2.34. The molecule has 0 aromatic carbocycles. The van der Waals surface area contributed by atoms with E-state index in [1.807, 2.05) is 0 Å². The summed E-state index contributed by atoms with van der Waals surface area (Å²) < 4.78 is 5.99. The van der Waals surface area contributed by atoms with Gasteiger partial charge in [-0.3, -0.25) is 4.99 Å². The van der Waals surface area contributed by atoms with Gasteiger partial charge in [-0.1, -0.05) is 26.7 Å². The van der Waals surface area contributed by atoms with Gasteiger partial charge in [0, 0.05) is 12.6 Å². The van der Waals surface area contributed by atoms with Crippen molar-refractivity contribution in [3.63, 3.8) is 0 Å². The number of nitrogens with two attached hydrogens (primary N) is 1. The van der Waals surface area contributed by atoms with Crippen LogP contribution in [0.2, 0.25) is 0 Å². The molecule has 1 saturated carbocycles. The van der Waals surface area contributed by atoms with E-state index in [-0.39, 0.29) is 5.60 Å². The molecular formula is C15H29N3O. The van der Waals surface area contributed by atoms with Crippen LogP contribution >= 0.6 is 0 Å². The van der Waals surface area contributed by atoms with Gasteiger partial charge in [0.05, 0.1) is 11.6 Å². The molecule has 2 fully saturated rings. The maximum atomic E-state index is 6.05. The molecule has 1 unspecified atom stereocenters. The minimum atomic E-state index is 0.0452. The first-order chi connectivity index (χ1) is 9.17. The van der Waals surface area contributed by atoms with Crippen molar-refractivity contribution in [3.05, 3.63) is 0 Å². The van der Waals surface area contributed by atoms with Crippen molar-refractivity contribution in [2.24, 2.45) is 10.7 Å². The SMILES string of the molecule is CCC1(CC)CC(NC(N)=NC2CCCC2)CCO1. The number of hydrogen-bond donors (Lipinski definition) is 2. The average Bonchev–Trinajstić information content (AvgIpc) is 2.91. The standard InChI is InChI=1S/C15H29N3O/c1-3-15(4-2)11-13(9-10-19-15)18-14(16)17-12-7-5-6-8-12/h12-13H,3-11H2,1-2H3,(H3,16,17,18). The molecule has 0 amide bonds. The third-order valence-electron chi connectivity index (χ3n) is 4.78. The summed E-state index contributed by atoms with van der Waals surface area (Å²) in [5.41, 5.74) is 6.10. The van der Waals surface area contributed by atoms with E-state index >= 15 is 0 Å². The lowest BCUT2D eigenvalue weighted by Crippen LogP contribution is -2.50. The van der Waals surface area contributed by atoms with E-state index in [1.54, 1.807) is 0 Å². The molecule has 1 aliphatic heterocycles. The zero-order valence-electron chi connectivity index (χ0n) is 12.5. The molecule has 4 nitrogen and oxygen atoms in total. The van der Waals surface area contributed by atoms with Crippen LogP contribution in [0.4, 0.5) is 0 Å². The van der Waals surface area contributed by atoms with Gasteiger partial charge < -0.3 is 15.8 Å². The van der Waals surface area contributed by atoms with Gasteiger partial charge >= 0.3 is 0 Å². The first-order valence-corrected chi connectivity index (χ1v) is 7.91. The molecule has 2 aliphatic rings. The van der Waals surface area contributed by atoms with Crippen molar-refractivity contribution < 1.29 is 4.74 Å². The van der Waals surface area contributed by atoms with E-state index in [9.17, 15) is 0 Å². The second-order valence-electron chi connectivity index (χ2n) is 6.03. The maximum Gasteiger partial charge on any atom is 0.189 e. The fraction of sp³-hybridized carbons (Fsp3) is 0.933. The van der Waals surface area contributed by atoms with Crippen LogP contribution < -0.4 is 11.1 Å². The predicted molar refractivity (Wildman–Crippen MR) is 79.3 cm³/mol. The van der Waals surface area contributed by atoms with Crippen molar-refractivity contribution >= 4 is 5.96 Å². The fourth-order valence-electron chi connectivity index (χ4n) is 3.37. The number of nitrogens with zero attached hydrogens (tertiary/aromatic N) is 1. The Labute approximate surface area is 117 Å². The molecule has 0 spiro atoms. The summed E-state index contributed by atoms with van der Waals surface area (Å²) in [6.07, 6.45) is 9.21.